The summed E-state index contributed by atoms with van der Waals surface area (Å²) in [6, 6.07) is 1.95. The van der Waals surface area contributed by atoms with Gasteiger partial charge in [0.05, 0.1) is 17.7 Å². The predicted molar refractivity (Wildman–Crippen MR) is 67.8 cm³/mol. The van der Waals surface area contributed by atoms with E-state index in [4.69, 9.17) is 9.84 Å². The minimum Gasteiger partial charge on any atom is -0.395 e. The van der Waals surface area contributed by atoms with Crippen molar-refractivity contribution in [1.29, 1.82) is 0 Å². The molecule has 0 bridgehead atoms. The first-order valence-electron chi connectivity index (χ1n) is 5.16. The predicted octanol–water partition coefficient (Wildman–Crippen LogP) is 1.60. The smallest absolute Gasteiger partial charge is 0.143 e. The first kappa shape index (κ1) is 13.4. The number of halogens is 1. The fraction of sp³-hybridized carbons (Fsp3) is 0.545. The van der Waals surface area contributed by atoms with Gasteiger partial charge in [0, 0.05) is 26.4 Å². The van der Waals surface area contributed by atoms with Gasteiger partial charge < -0.3 is 14.7 Å². The van der Waals surface area contributed by atoms with E-state index >= 15 is 0 Å². The Morgan fingerprint density at radius 1 is 1.50 bits per heavy atom. The Kier molecular flexibility index (Phi) is 5.73. The molecule has 16 heavy (non-hydrogen) atoms. The third kappa shape index (κ3) is 3.43. The summed E-state index contributed by atoms with van der Waals surface area (Å²) in [5.74, 6) is 0.853. The maximum atomic E-state index is 9.03. The lowest BCUT2D eigenvalue weighted by atomic mass is 10.3. The molecule has 0 radical (unpaired) electrons. The molecule has 0 aliphatic carbocycles. The van der Waals surface area contributed by atoms with Crippen LogP contribution in [0, 0.1) is 6.92 Å². The van der Waals surface area contributed by atoms with E-state index in [2.05, 4.69) is 20.9 Å². The van der Waals surface area contributed by atoms with Gasteiger partial charge in [-0.25, -0.2) is 4.98 Å². The van der Waals surface area contributed by atoms with Crippen molar-refractivity contribution in [2.24, 2.45) is 0 Å². The summed E-state index contributed by atoms with van der Waals surface area (Å²) in [7, 11) is 1.66. The Balaban J connectivity index is 2.86. The van der Waals surface area contributed by atoms with Gasteiger partial charge in [0.25, 0.3) is 0 Å². The topological polar surface area (TPSA) is 45.6 Å². The zero-order chi connectivity index (χ0) is 12.0. The van der Waals surface area contributed by atoms with E-state index in [9.17, 15) is 0 Å². The van der Waals surface area contributed by atoms with Crippen LogP contribution in [0.4, 0.5) is 5.82 Å². The molecule has 1 N–H and O–H groups in total. The summed E-state index contributed by atoms with van der Waals surface area (Å²) in [6.07, 6.45) is 1.77. The van der Waals surface area contributed by atoms with Crippen LogP contribution in [-0.4, -0.2) is 43.5 Å². The van der Waals surface area contributed by atoms with Crippen molar-refractivity contribution in [3.05, 3.63) is 22.3 Å². The van der Waals surface area contributed by atoms with E-state index in [1.807, 2.05) is 17.9 Å². The zero-order valence-corrected chi connectivity index (χ0v) is 11.2. The first-order valence-corrected chi connectivity index (χ1v) is 5.96. The minimum atomic E-state index is 0.103. The van der Waals surface area contributed by atoms with Crippen molar-refractivity contribution in [2.45, 2.75) is 6.92 Å². The fourth-order valence-electron chi connectivity index (χ4n) is 1.39. The number of anilines is 1. The molecule has 0 aromatic carbocycles. The van der Waals surface area contributed by atoms with Crippen molar-refractivity contribution in [1.82, 2.24) is 4.98 Å². The summed E-state index contributed by atoms with van der Waals surface area (Å²) < 4.78 is 6.02. The van der Waals surface area contributed by atoms with Gasteiger partial charge in [-0.3, -0.25) is 0 Å². The molecule has 0 fully saturated rings. The summed E-state index contributed by atoms with van der Waals surface area (Å²) in [5, 5.41) is 9.03. The lowest BCUT2D eigenvalue weighted by molar-refractivity contribution is 0.202. The third-order valence-electron chi connectivity index (χ3n) is 2.30. The SMILES string of the molecule is COCCN(CCO)c1nccc(C)c1Br. The second kappa shape index (κ2) is 6.83. The highest BCUT2D eigenvalue weighted by atomic mass is 79.9. The third-order valence-corrected chi connectivity index (χ3v) is 3.28. The molecule has 5 heteroatoms. The zero-order valence-electron chi connectivity index (χ0n) is 9.61. The number of rotatable bonds is 6. The molecule has 0 aliphatic rings. The molecule has 0 atom stereocenters. The molecule has 4 nitrogen and oxygen atoms in total. The number of ether oxygens (including phenoxy) is 1. The normalized spacial score (nSPS) is 10.5. The molecule has 0 saturated heterocycles. The molecule has 1 aromatic heterocycles. The molecular weight excluding hydrogens is 272 g/mol. The molecular formula is C11H17BrN2O2. The Hall–Kier alpha value is -0.650. The van der Waals surface area contributed by atoms with Gasteiger partial charge in [0.1, 0.15) is 5.82 Å². The molecule has 90 valence electrons. The molecule has 0 unspecified atom stereocenters. The van der Waals surface area contributed by atoms with E-state index in [1.54, 1.807) is 13.3 Å². The van der Waals surface area contributed by atoms with Gasteiger partial charge >= 0.3 is 0 Å². The van der Waals surface area contributed by atoms with Crippen molar-refractivity contribution >= 4 is 21.7 Å². The highest BCUT2D eigenvalue weighted by molar-refractivity contribution is 9.10. The van der Waals surface area contributed by atoms with Gasteiger partial charge in [0.15, 0.2) is 0 Å². The standard InChI is InChI=1S/C11H17BrN2O2/c1-9-3-4-13-11(10(9)12)14(5-7-15)6-8-16-2/h3-4,15H,5-8H2,1-2H3. The molecule has 0 spiro atoms. The van der Waals surface area contributed by atoms with Gasteiger partial charge in [-0.2, -0.15) is 0 Å². The van der Waals surface area contributed by atoms with Crippen LogP contribution in [0.25, 0.3) is 0 Å². The number of aliphatic hydroxyl groups excluding tert-OH is 1. The van der Waals surface area contributed by atoms with Crippen LogP contribution in [0.3, 0.4) is 0 Å². The Morgan fingerprint density at radius 2 is 2.25 bits per heavy atom. The van der Waals surface area contributed by atoms with Crippen molar-refractivity contribution in [3.8, 4) is 0 Å². The van der Waals surface area contributed by atoms with Crippen LogP contribution in [0.5, 0.6) is 0 Å². The second-order valence-corrected chi connectivity index (χ2v) is 4.26. The maximum Gasteiger partial charge on any atom is 0.143 e. The highest BCUT2D eigenvalue weighted by Crippen LogP contribution is 2.26. The summed E-state index contributed by atoms with van der Waals surface area (Å²) in [4.78, 5) is 6.32. The van der Waals surface area contributed by atoms with Crippen LogP contribution in [0.15, 0.2) is 16.7 Å². The van der Waals surface area contributed by atoms with Crippen molar-refractivity contribution < 1.29 is 9.84 Å². The van der Waals surface area contributed by atoms with Crippen LogP contribution in [0.2, 0.25) is 0 Å². The Labute approximate surface area is 104 Å². The molecule has 0 amide bonds. The second-order valence-electron chi connectivity index (χ2n) is 3.47. The van der Waals surface area contributed by atoms with Crippen molar-refractivity contribution in [2.75, 3.05) is 38.3 Å². The number of aromatic nitrogens is 1. The Bertz CT molecular complexity index is 334. The van der Waals surface area contributed by atoms with E-state index in [-0.39, 0.29) is 6.61 Å². The van der Waals surface area contributed by atoms with Gasteiger partial charge in [-0.05, 0) is 34.5 Å². The molecule has 0 saturated carbocycles. The summed E-state index contributed by atoms with van der Waals surface area (Å²) >= 11 is 3.52. The summed E-state index contributed by atoms with van der Waals surface area (Å²) in [6.45, 7) is 4.00. The molecule has 0 aliphatic heterocycles. The average molecular weight is 289 g/mol. The van der Waals surface area contributed by atoms with Crippen LogP contribution >= 0.6 is 15.9 Å². The Morgan fingerprint density at radius 3 is 2.88 bits per heavy atom. The largest absolute Gasteiger partial charge is 0.395 e. The maximum absolute atomic E-state index is 9.03. The fourth-order valence-corrected chi connectivity index (χ4v) is 1.88. The van der Waals surface area contributed by atoms with E-state index in [0.717, 1.165) is 15.9 Å². The van der Waals surface area contributed by atoms with Gasteiger partial charge in [0.2, 0.25) is 0 Å². The van der Waals surface area contributed by atoms with Crippen LogP contribution in [-0.2, 0) is 4.74 Å². The monoisotopic (exact) mass is 288 g/mol. The van der Waals surface area contributed by atoms with E-state index < -0.39 is 0 Å². The van der Waals surface area contributed by atoms with Crippen LogP contribution < -0.4 is 4.90 Å². The van der Waals surface area contributed by atoms with E-state index in [1.165, 1.54) is 0 Å². The summed E-state index contributed by atoms with van der Waals surface area (Å²) in [5.41, 5.74) is 1.13. The molecule has 1 aromatic rings. The van der Waals surface area contributed by atoms with Crippen molar-refractivity contribution in [3.63, 3.8) is 0 Å². The number of hydrogen-bond acceptors (Lipinski definition) is 4. The first-order chi connectivity index (χ1) is 7.70. The number of nitrogens with zero attached hydrogens (tertiary/aromatic N) is 2. The number of pyridine rings is 1. The molecule has 1 rings (SSSR count). The minimum absolute atomic E-state index is 0.103. The number of aryl methyl sites for hydroxylation is 1. The highest BCUT2D eigenvalue weighted by Gasteiger charge is 2.12. The average Bonchev–Trinajstić information content (AvgIpc) is 2.28. The van der Waals surface area contributed by atoms with Gasteiger partial charge in [-0.1, -0.05) is 0 Å². The number of hydrogen-bond donors (Lipinski definition) is 1. The quantitative estimate of drug-likeness (QED) is 0.864. The lowest BCUT2D eigenvalue weighted by Gasteiger charge is -2.24. The van der Waals surface area contributed by atoms with Crippen LogP contribution in [0.1, 0.15) is 5.56 Å². The molecule has 1 heterocycles. The van der Waals surface area contributed by atoms with Gasteiger partial charge in [-0.15, -0.1) is 0 Å². The lowest BCUT2D eigenvalue weighted by Crippen LogP contribution is -2.31. The number of methoxy groups -OCH3 is 1. The number of aliphatic hydroxyl groups is 1. The van der Waals surface area contributed by atoms with E-state index in [0.29, 0.717) is 19.7 Å².